The summed E-state index contributed by atoms with van der Waals surface area (Å²) in [5.74, 6) is 1.45. The second-order valence-electron chi connectivity index (χ2n) is 10.1. The molecule has 0 unspecified atom stereocenters. The topological polar surface area (TPSA) is 21.8 Å². The summed E-state index contributed by atoms with van der Waals surface area (Å²) in [6.45, 7) is 13.0. The third-order valence-corrected chi connectivity index (χ3v) is 10.1. The summed E-state index contributed by atoms with van der Waals surface area (Å²) in [4.78, 5) is 0.653. The van der Waals surface area contributed by atoms with E-state index in [9.17, 15) is 0 Å². The molecule has 2 aliphatic heterocycles. The Hall–Kier alpha value is 0.400. The normalized spacial score (nSPS) is 58.2. The Morgan fingerprint density at radius 1 is 0.826 bits per heavy atom. The lowest BCUT2D eigenvalue weighted by Crippen LogP contribution is -2.61. The summed E-state index contributed by atoms with van der Waals surface area (Å²) in [7, 11) is 0. The van der Waals surface area contributed by atoms with Crippen molar-refractivity contribution in [2.24, 2.45) is 22.7 Å². The molecule has 0 radical (unpaired) electrons. The van der Waals surface area contributed by atoms with Crippen LogP contribution in [0.3, 0.4) is 0 Å². The van der Waals surface area contributed by atoms with E-state index in [1.165, 1.54) is 38.5 Å². The highest BCUT2D eigenvalue weighted by Crippen LogP contribution is 2.65. The fourth-order valence-electron chi connectivity index (χ4n) is 6.70. The molecule has 3 heteroatoms. The summed E-state index contributed by atoms with van der Waals surface area (Å²) < 4.78 is 12.5. The van der Waals surface area contributed by atoms with E-state index in [0.29, 0.717) is 27.7 Å². The zero-order valence-electron chi connectivity index (χ0n) is 15.5. The van der Waals surface area contributed by atoms with Crippen LogP contribution in [0.15, 0.2) is 0 Å². The first kappa shape index (κ1) is 16.8. The maximum absolute atomic E-state index is 6.57. The second kappa shape index (κ2) is 4.98. The summed E-state index contributed by atoms with van der Waals surface area (Å²) in [6.07, 6.45) is 7.97. The number of halogens is 1. The van der Waals surface area contributed by atoms with Gasteiger partial charge in [-0.25, -0.2) is 0 Å². The predicted octanol–water partition coefficient (Wildman–Crippen LogP) is 5.33. The number of alkyl halides is 1. The zero-order chi connectivity index (χ0) is 16.7. The van der Waals surface area contributed by atoms with Crippen molar-refractivity contribution in [2.75, 3.05) is 6.61 Å². The average Bonchev–Trinajstić information content (AvgIpc) is 3.09. The Labute approximate surface area is 150 Å². The first-order chi connectivity index (χ1) is 10.6. The molecule has 2 saturated carbocycles. The SMILES string of the molecule is CC1(C)[C@@H](Br)CC[C@]2(C)[C@H]3CC[C@@]4(C)O[C@H]4CO[C@]3(C)CC[C@@H]12. The van der Waals surface area contributed by atoms with Gasteiger partial charge in [-0.1, -0.05) is 36.7 Å². The van der Waals surface area contributed by atoms with Crippen LogP contribution in [0.4, 0.5) is 0 Å². The van der Waals surface area contributed by atoms with Crippen molar-refractivity contribution < 1.29 is 9.47 Å². The van der Waals surface area contributed by atoms with Crippen LogP contribution in [0.2, 0.25) is 0 Å². The molecule has 2 heterocycles. The van der Waals surface area contributed by atoms with Gasteiger partial charge in [-0.2, -0.15) is 0 Å². The van der Waals surface area contributed by atoms with Crippen molar-refractivity contribution in [3.05, 3.63) is 0 Å². The van der Waals surface area contributed by atoms with E-state index < -0.39 is 0 Å². The summed E-state index contributed by atoms with van der Waals surface area (Å²) in [6, 6.07) is 0. The summed E-state index contributed by atoms with van der Waals surface area (Å²) in [5.41, 5.74) is 0.929. The second-order valence-corrected chi connectivity index (χ2v) is 11.2. The van der Waals surface area contributed by atoms with Crippen LogP contribution in [-0.4, -0.2) is 28.7 Å². The molecule has 23 heavy (non-hydrogen) atoms. The molecule has 0 bridgehead atoms. The van der Waals surface area contributed by atoms with Crippen molar-refractivity contribution in [3.8, 4) is 0 Å². The smallest absolute Gasteiger partial charge is 0.110 e. The van der Waals surface area contributed by atoms with Gasteiger partial charge in [-0.3, -0.25) is 0 Å². The predicted molar refractivity (Wildman–Crippen MR) is 96.9 cm³/mol. The van der Waals surface area contributed by atoms with Crippen molar-refractivity contribution in [1.29, 1.82) is 0 Å². The van der Waals surface area contributed by atoms with Gasteiger partial charge in [0.05, 0.1) is 17.8 Å². The van der Waals surface area contributed by atoms with Gasteiger partial charge in [0.1, 0.15) is 6.10 Å². The minimum absolute atomic E-state index is 0.0494. The van der Waals surface area contributed by atoms with E-state index in [4.69, 9.17) is 9.47 Å². The highest BCUT2D eigenvalue weighted by molar-refractivity contribution is 9.09. The number of hydrogen-bond acceptors (Lipinski definition) is 2. The maximum Gasteiger partial charge on any atom is 0.110 e. The number of hydrogen-bond donors (Lipinski definition) is 0. The highest BCUT2D eigenvalue weighted by atomic mass is 79.9. The van der Waals surface area contributed by atoms with Gasteiger partial charge in [-0.05, 0) is 75.0 Å². The Bertz CT molecular complexity index is 506. The lowest BCUT2D eigenvalue weighted by atomic mass is 9.45. The van der Waals surface area contributed by atoms with Crippen molar-refractivity contribution >= 4 is 15.9 Å². The van der Waals surface area contributed by atoms with Crippen LogP contribution in [0.25, 0.3) is 0 Å². The molecule has 0 N–H and O–H groups in total. The molecule has 0 aromatic rings. The van der Waals surface area contributed by atoms with Crippen LogP contribution >= 0.6 is 15.9 Å². The maximum atomic E-state index is 6.57. The number of ether oxygens (including phenoxy) is 2. The monoisotopic (exact) mass is 384 g/mol. The molecule has 0 aromatic carbocycles. The molecule has 0 aromatic heterocycles. The van der Waals surface area contributed by atoms with Crippen molar-refractivity contribution in [3.63, 3.8) is 0 Å². The minimum Gasteiger partial charge on any atom is -0.372 e. The van der Waals surface area contributed by atoms with Gasteiger partial charge in [0.25, 0.3) is 0 Å². The minimum atomic E-state index is 0.0494. The molecule has 2 aliphatic carbocycles. The highest BCUT2D eigenvalue weighted by Gasteiger charge is 2.63. The van der Waals surface area contributed by atoms with Gasteiger partial charge in [0.15, 0.2) is 0 Å². The van der Waals surface area contributed by atoms with E-state index in [1.807, 2.05) is 0 Å². The molecule has 0 amide bonds. The third-order valence-electron chi connectivity index (χ3n) is 8.43. The van der Waals surface area contributed by atoms with Crippen LogP contribution in [-0.2, 0) is 9.47 Å². The molecular weight excluding hydrogens is 352 g/mol. The van der Waals surface area contributed by atoms with Gasteiger partial charge in [0.2, 0.25) is 0 Å². The van der Waals surface area contributed by atoms with E-state index >= 15 is 0 Å². The van der Waals surface area contributed by atoms with Gasteiger partial charge in [0, 0.05) is 4.83 Å². The number of epoxide rings is 1. The Kier molecular flexibility index (Phi) is 3.65. The molecule has 7 atom stereocenters. The molecule has 132 valence electrons. The molecule has 0 spiro atoms. The van der Waals surface area contributed by atoms with E-state index in [-0.39, 0.29) is 11.2 Å². The van der Waals surface area contributed by atoms with Crippen LogP contribution in [0, 0.1) is 22.7 Å². The molecule has 4 fully saturated rings. The lowest BCUT2D eigenvalue weighted by Gasteiger charge is -2.63. The average molecular weight is 385 g/mol. The molecule has 2 saturated heterocycles. The van der Waals surface area contributed by atoms with E-state index in [1.54, 1.807) is 0 Å². The molecular formula is C20H33BrO2. The van der Waals surface area contributed by atoms with Gasteiger partial charge >= 0.3 is 0 Å². The van der Waals surface area contributed by atoms with Crippen LogP contribution < -0.4 is 0 Å². The lowest BCUT2D eigenvalue weighted by molar-refractivity contribution is -0.195. The Balaban J connectivity index is 1.68. The fraction of sp³-hybridized carbons (Fsp3) is 1.00. The third kappa shape index (κ3) is 2.32. The first-order valence-electron chi connectivity index (χ1n) is 9.58. The van der Waals surface area contributed by atoms with Crippen molar-refractivity contribution in [1.82, 2.24) is 0 Å². The van der Waals surface area contributed by atoms with Crippen molar-refractivity contribution in [2.45, 2.75) is 95.3 Å². The van der Waals surface area contributed by atoms with Gasteiger partial charge in [-0.15, -0.1) is 0 Å². The number of rotatable bonds is 0. The summed E-state index contributed by atoms with van der Waals surface area (Å²) >= 11 is 4.00. The van der Waals surface area contributed by atoms with Gasteiger partial charge < -0.3 is 9.47 Å². The van der Waals surface area contributed by atoms with E-state index in [2.05, 4.69) is 50.5 Å². The fourth-order valence-corrected chi connectivity index (χ4v) is 7.25. The molecule has 2 nitrogen and oxygen atoms in total. The number of fused-ring (bicyclic) bond motifs is 4. The first-order valence-corrected chi connectivity index (χ1v) is 10.5. The van der Waals surface area contributed by atoms with E-state index in [0.717, 1.165) is 12.5 Å². The molecule has 4 aliphatic rings. The van der Waals surface area contributed by atoms with Crippen LogP contribution in [0.5, 0.6) is 0 Å². The Morgan fingerprint density at radius 2 is 1.48 bits per heavy atom. The quantitative estimate of drug-likeness (QED) is 0.415. The standard InChI is InChI=1S/C20H33BrO2/c1-17(2)13-6-10-19(4)14(18(13,3)9-8-15(17)21)7-11-20(5)16(23-20)12-22-19/h13-16H,6-12H2,1-5H3/t13-,14+,15-,16-,18-,19+,20+/m0/s1. The largest absolute Gasteiger partial charge is 0.372 e. The summed E-state index contributed by atoms with van der Waals surface area (Å²) in [5, 5.41) is 0. The zero-order valence-corrected chi connectivity index (χ0v) is 17.0. The molecule has 4 rings (SSSR count). The Morgan fingerprint density at radius 3 is 2.22 bits per heavy atom. The van der Waals surface area contributed by atoms with Crippen LogP contribution in [0.1, 0.15) is 73.1 Å².